The van der Waals surface area contributed by atoms with Gasteiger partial charge in [0.25, 0.3) is 11.7 Å². The first kappa shape index (κ1) is 24.8. The van der Waals surface area contributed by atoms with E-state index < -0.39 is 35.2 Å². The predicted octanol–water partition coefficient (Wildman–Crippen LogP) is 5.66. The molecule has 0 aliphatic carbocycles. The van der Waals surface area contributed by atoms with Gasteiger partial charge in [-0.2, -0.15) is 13.2 Å². The third-order valence-corrected chi connectivity index (χ3v) is 6.10. The van der Waals surface area contributed by atoms with Gasteiger partial charge in [-0.25, -0.2) is 0 Å². The highest BCUT2D eigenvalue weighted by atomic mass is 19.4. The van der Waals surface area contributed by atoms with Crippen LogP contribution < -0.4 is 9.64 Å². The number of anilines is 1. The van der Waals surface area contributed by atoms with Gasteiger partial charge in [0, 0.05) is 11.3 Å². The molecule has 0 radical (unpaired) electrons. The lowest BCUT2D eigenvalue weighted by Crippen LogP contribution is -2.29. The number of aryl methyl sites for hydroxylation is 2. The number of rotatable bonds is 4. The summed E-state index contributed by atoms with van der Waals surface area (Å²) >= 11 is 0. The molecule has 2 N–H and O–H groups in total. The quantitative estimate of drug-likeness (QED) is 0.276. The van der Waals surface area contributed by atoms with Crippen molar-refractivity contribution in [3.05, 3.63) is 94.1 Å². The molecule has 1 heterocycles. The van der Waals surface area contributed by atoms with Crippen LogP contribution in [0.15, 0.2) is 66.2 Å². The Morgan fingerprint density at radius 1 is 0.972 bits per heavy atom. The Morgan fingerprint density at radius 2 is 1.64 bits per heavy atom. The Bertz CT molecular complexity index is 1390. The lowest BCUT2D eigenvalue weighted by Gasteiger charge is -2.26. The number of aliphatic hydroxyl groups excluding tert-OH is 1. The zero-order valence-electron chi connectivity index (χ0n) is 19.6. The molecule has 1 aliphatic rings. The number of carbonyl (C=O) groups excluding carboxylic acids is 2. The molecule has 0 bridgehead atoms. The topological polar surface area (TPSA) is 87.1 Å². The third kappa shape index (κ3) is 4.28. The van der Waals surface area contributed by atoms with Crippen molar-refractivity contribution in [3.63, 3.8) is 0 Å². The van der Waals surface area contributed by atoms with Crippen LogP contribution in [0.2, 0.25) is 0 Å². The fourth-order valence-electron chi connectivity index (χ4n) is 4.31. The second-order valence-electron chi connectivity index (χ2n) is 8.45. The van der Waals surface area contributed by atoms with Crippen LogP contribution in [0.1, 0.15) is 33.9 Å². The number of carbonyl (C=O) groups is 2. The number of amides is 1. The van der Waals surface area contributed by atoms with Crippen molar-refractivity contribution in [3.8, 4) is 11.5 Å². The molecule has 4 rings (SSSR count). The molecule has 1 saturated heterocycles. The minimum absolute atomic E-state index is 0.0867. The molecular weight excluding hydrogens is 475 g/mol. The average Bonchev–Trinajstić information content (AvgIpc) is 3.10. The number of phenolic OH excluding ortho intramolecular Hbond substituents is 1. The van der Waals surface area contributed by atoms with Crippen LogP contribution >= 0.6 is 0 Å². The lowest BCUT2D eigenvalue weighted by molar-refractivity contribution is -0.137. The van der Waals surface area contributed by atoms with Crippen LogP contribution in [0, 0.1) is 13.8 Å². The number of hydrogen-bond acceptors (Lipinski definition) is 5. The van der Waals surface area contributed by atoms with Crippen molar-refractivity contribution in [1.82, 2.24) is 0 Å². The fraction of sp³-hybridized carbons (Fsp3) is 0.185. The van der Waals surface area contributed by atoms with Crippen molar-refractivity contribution in [2.75, 3.05) is 12.0 Å². The first-order valence-corrected chi connectivity index (χ1v) is 10.9. The van der Waals surface area contributed by atoms with E-state index in [1.165, 1.54) is 37.4 Å². The maximum absolute atomic E-state index is 13.4. The first-order chi connectivity index (χ1) is 16.9. The molecule has 3 aromatic rings. The van der Waals surface area contributed by atoms with Gasteiger partial charge in [-0.05, 0) is 73.0 Å². The smallest absolute Gasteiger partial charge is 0.416 e. The van der Waals surface area contributed by atoms with E-state index in [9.17, 15) is 33.0 Å². The summed E-state index contributed by atoms with van der Waals surface area (Å²) < 4.78 is 45.5. The molecule has 1 unspecified atom stereocenters. The summed E-state index contributed by atoms with van der Waals surface area (Å²) in [5.74, 6) is -2.13. The molecule has 36 heavy (non-hydrogen) atoms. The number of methoxy groups -OCH3 is 1. The van der Waals surface area contributed by atoms with Crippen molar-refractivity contribution in [1.29, 1.82) is 0 Å². The maximum atomic E-state index is 13.4. The van der Waals surface area contributed by atoms with Crippen molar-refractivity contribution in [2.24, 2.45) is 0 Å². The number of aliphatic hydroxyl groups is 1. The highest BCUT2D eigenvalue weighted by Crippen LogP contribution is 2.44. The Hall–Kier alpha value is -4.27. The molecular formula is C27H22F3NO5. The summed E-state index contributed by atoms with van der Waals surface area (Å²) in [6, 6.07) is 11.6. The maximum Gasteiger partial charge on any atom is 0.416 e. The minimum atomic E-state index is -4.67. The van der Waals surface area contributed by atoms with E-state index in [2.05, 4.69) is 0 Å². The Labute approximate surface area is 204 Å². The Kier molecular flexibility index (Phi) is 6.26. The Morgan fingerprint density at radius 3 is 2.25 bits per heavy atom. The van der Waals surface area contributed by atoms with Gasteiger partial charge in [0.1, 0.15) is 17.3 Å². The first-order valence-electron chi connectivity index (χ1n) is 10.9. The molecule has 1 amide bonds. The summed E-state index contributed by atoms with van der Waals surface area (Å²) in [5.41, 5.74) is 0.381. The van der Waals surface area contributed by atoms with Crippen molar-refractivity contribution < 1.29 is 37.7 Å². The number of nitrogens with zero attached hydrogens (tertiary/aromatic N) is 1. The van der Waals surface area contributed by atoms with Gasteiger partial charge >= 0.3 is 6.18 Å². The molecule has 1 atom stereocenters. The molecule has 1 aliphatic heterocycles. The van der Waals surface area contributed by atoms with Crippen LogP contribution in [0.25, 0.3) is 5.76 Å². The lowest BCUT2D eigenvalue weighted by atomic mass is 9.93. The number of halogens is 3. The van der Waals surface area contributed by atoms with E-state index in [4.69, 9.17) is 4.74 Å². The number of hydrogen-bond donors (Lipinski definition) is 2. The molecule has 186 valence electrons. The fourth-order valence-corrected chi connectivity index (χ4v) is 4.31. The van der Waals surface area contributed by atoms with Crippen molar-refractivity contribution in [2.45, 2.75) is 26.1 Å². The zero-order chi connectivity index (χ0) is 26.4. The van der Waals surface area contributed by atoms with E-state index in [1.807, 2.05) is 0 Å². The van der Waals surface area contributed by atoms with E-state index in [-0.39, 0.29) is 22.6 Å². The number of benzene rings is 3. The summed E-state index contributed by atoms with van der Waals surface area (Å²) in [6.07, 6.45) is -4.67. The summed E-state index contributed by atoms with van der Waals surface area (Å²) in [6.45, 7) is 3.43. The van der Waals surface area contributed by atoms with E-state index >= 15 is 0 Å². The summed E-state index contributed by atoms with van der Waals surface area (Å²) in [7, 11) is 1.49. The summed E-state index contributed by atoms with van der Waals surface area (Å²) in [4.78, 5) is 27.4. The standard InChI is InChI=1S/C27H22F3NO5/c1-14-12-21(36-3)15(2)11-20(14)24(33)22-23(16-7-9-19(32)10-8-16)31(26(35)25(22)34)18-6-4-5-17(13-18)27(28,29)30/h4-13,23,32-33H,1-3H3/b24-22+. The van der Waals surface area contributed by atoms with E-state index in [0.29, 0.717) is 22.4 Å². The van der Waals surface area contributed by atoms with Crippen LogP contribution in [0.3, 0.4) is 0 Å². The van der Waals surface area contributed by atoms with Gasteiger partial charge in [-0.15, -0.1) is 0 Å². The largest absolute Gasteiger partial charge is 0.508 e. The van der Waals surface area contributed by atoms with Gasteiger partial charge in [0.15, 0.2) is 0 Å². The van der Waals surface area contributed by atoms with Gasteiger partial charge in [-0.3, -0.25) is 14.5 Å². The van der Waals surface area contributed by atoms with Crippen LogP contribution in [0.4, 0.5) is 18.9 Å². The van der Waals surface area contributed by atoms with Crippen LogP contribution in [0.5, 0.6) is 11.5 Å². The molecule has 0 aromatic heterocycles. The van der Waals surface area contributed by atoms with E-state index in [1.54, 1.807) is 26.0 Å². The highest BCUT2D eigenvalue weighted by Gasteiger charge is 2.47. The molecule has 0 saturated carbocycles. The summed E-state index contributed by atoms with van der Waals surface area (Å²) in [5, 5.41) is 21.1. The third-order valence-electron chi connectivity index (χ3n) is 6.10. The monoisotopic (exact) mass is 497 g/mol. The molecule has 1 fully saturated rings. The molecule has 9 heteroatoms. The minimum Gasteiger partial charge on any atom is -0.508 e. The highest BCUT2D eigenvalue weighted by molar-refractivity contribution is 6.51. The normalized spacial score (nSPS) is 17.5. The second kappa shape index (κ2) is 9.07. The van der Waals surface area contributed by atoms with Gasteiger partial charge in [0.05, 0.1) is 24.3 Å². The number of alkyl halides is 3. The number of Topliss-reactive ketones (excluding diaryl/α,β-unsaturated/α-hetero) is 1. The second-order valence-corrected chi connectivity index (χ2v) is 8.45. The van der Waals surface area contributed by atoms with Gasteiger partial charge in [-0.1, -0.05) is 18.2 Å². The molecule has 3 aromatic carbocycles. The number of aromatic hydroxyl groups is 1. The average molecular weight is 497 g/mol. The van der Waals surface area contributed by atoms with Gasteiger partial charge in [0.2, 0.25) is 0 Å². The molecule has 6 nitrogen and oxygen atoms in total. The van der Waals surface area contributed by atoms with Crippen LogP contribution in [-0.2, 0) is 15.8 Å². The zero-order valence-corrected chi connectivity index (χ0v) is 19.6. The van der Waals surface area contributed by atoms with Crippen molar-refractivity contribution >= 4 is 23.1 Å². The number of ketones is 1. The van der Waals surface area contributed by atoms with Crippen LogP contribution in [-0.4, -0.2) is 29.0 Å². The van der Waals surface area contributed by atoms with Gasteiger partial charge < -0.3 is 14.9 Å². The Balaban J connectivity index is 1.97. The van der Waals surface area contributed by atoms with E-state index in [0.717, 1.165) is 23.1 Å². The predicted molar refractivity (Wildman–Crippen MR) is 127 cm³/mol. The number of phenols is 1. The SMILES string of the molecule is COc1cc(C)c(/C(O)=C2\C(=O)C(=O)N(c3cccc(C(F)(F)F)c3)C2c2ccc(O)cc2)cc1C. The number of ether oxygens (including phenoxy) is 1. The molecule has 0 spiro atoms.